The number of fused-ring (bicyclic) bond motifs is 1. The number of anilines is 2. The summed E-state index contributed by atoms with van der Waals surface area (Å²) in [7, 11) is 0. The van der Waals surface area contributed by atoms with E-state index >= 15 is 0 Å². The van der Waals surface area contributed by atoms with Crippen LogP contribution in [0.25, 0.3) is 33.5 Å². The van der Waals surface area contributed by atoms with Crippen molar-refractivity contribution in [1.29, 1.82) is 0 Å². The van der Waals surface area contributed by atoms with Crippen LogP contribution in [0.4, 0.5) is 11.6 Å². The quantitative estimate of drug-likeness (QED) is 0.386. The number of nitrogen functional groups attached to an aromatic ring is 1. The molecule has 37 heavy (non-hydrogen) atoms. The van der Waals surface area contributed by atoms with Gasteiger partial charge in [-0.2, -0.15) is 0 Å². The minimum Gasteiger partial charge on any atom is -0.383 e. The average molecular weight is 560 g/mol. The van der Waals surface area contributed by atoms with Gasteiger partial charge < -0.3 is 20.7 Å². The van der Waals surface area contributed by atoms with E-state index in [1.165, 1.54) is 12.0 Å². The van der Waals surface area contributed by atoms with Crippen LogP contribution in [0, 0.1) is 0 Å². The summed E-state index contributed by atoms with van der Waals surface area (Å²) in [4.78, 5) is 20.3. The highest BCUT2D eigenvalue weighted by atomic mass is 79.9. The molecule has 4 aromatic rings. The second-order valence-electron chi connectivity index (χ2n) is 9.01. The van der Waals surface area contributed by atoms with E-state index in [9.17, 15) is 0 Å². The summed E-state index contributed by atoms with van der Waals surface area (Å²) in [5.74, 6) is 1.23. The molecule has 0 saturated carbocycles. The summed E-state index contributed by atoms with van der Waals surface area (Å²) in [5, 5.41) is 13.1. The van der Waals surface area contributed by atoms with Crippen molar-refractivity contribution < 1.29 is 4.74 Å². The van der Waals surface area contributed by atoms with E-state index in [2.05, 4.69) is 46.3 Å². The van der Waals surface area contributed by atoms with Crippen LogP contribution in [-0.2, 0) is 4.74 Å². The standard InChI is InChI=1S/C26H26BrN9O/c27-17-3-1-2-16(12-17)19-13-21(33-26-24(19)25(28)30-15-31-26)20-4-5-22(35-34-20)36-9-6-18(7-10-36)32-23-14-29-8-11-37-23/h1-5,12-13,15,23,29H,6-11,14H2,(H2,28,30,31,33). The van der Waals surface area contributed by atoms with Crippen LogP contribution in [0.5, 0.6) is 0 Å². The van der Waals surface area contributed by atoms with Gasteiger partial charge in [0.25, 0.3) is 0 Å². The molecule has 0 spiro atoms. The van der Waals surface area contributed by atoms with E-state index in [4.69, 9.17) is 20.4 Å². The van der Waals surface area contributed by atoms with Crippen LogP contribution in [-0.4, -0.2) is 69.9 Å². The van der Waals surface area contributed by atoms with Gasteiger partial charge in [-0.25, -0.2) is 15.0 Å². The van der Waals surface area contributed by atoms with Crippen molar-refractivity contribution in [3.63, 3.8) is 0 Å². The number of nitrogens with one attached hydrogen (secondary N) is 1. The number of nitrogens with two attached hydrogens (primary N) is 1. The molecule has 2 aliphatic rings. The van der Waals surface area contributed by atoms with Crippen LogP contribution >= 0.6 is 15.9 Å². The molecule has 0 aliphatic carbocycles. The molecule has 3 aromatic heterocycles. The molecule has 1 atom stereocenters. The first-order chi connectivity index (χ1) is 18.1. The lowest BCUT2D eigenvalue weighted by atomic mass is 10.0. The summed E-state index contributed by atoms with van der Waals surface area (Å²) < 4.78 is 6.68. The van der Waals surface area contributed by atoms with Crippen molar-refractivity contribution in [1.82, 2.24) is 30.5 Å². The zero-order valence-corrected chi connectivity index (χ0v) is 21.7. The normalized spacial score (nSPS) is 18.2. The smallest absolute Gasteiger partial charge is 0.165 e. The van der Waals surface area contributed by atoms with E-state index in [1.807, 2.05) is 42.5 Å². The summed E-state index contributed by atoms with van der Waals surface area (Å²) in [6.45, 7) is 4.09. The number of halogens is 1. The van der Waals surface area contributed by atoms with Gasteiger partial charge in [-0.3, -0.25) is 4.99 Å². The Morgan fingerprint density at radius 3 is 2.70 bits per heavy atom. The monoisotopic (exact) mass is 559 g/mol. The van der Waals surface area contributed by atoms with Crippen molar-refractivity contribution in [3.8, 4) is 22.5 Å². The number of hydrogen-bond donors (Lipinski definition) is 2. The molecule has 0 radical (unpaired) electrons. The highest BCUT2D eigenvalue weighted by Gasteiger charge is 2.20. The minimum absolute atomic E-state index is 0.0636. The lowest BCUT2D eigenvalue weighted by molar-refractivity contribution is 0.0345. The Kier molecular flexibility index (Phi) is 6.73. The predicted molar refractivity (Wildman–Crippen MR) is 147 cm³/mol. The molecule has 11 heteroatoms. The molecule has 1 aromatic carbocycles. The van der Waals surface area contributed by atoms with Gasteiger partial charge in [0.05, 0.1) is 17.7 Å². The molecule has 5 heterocycles. The molecular weight excluding hydrogens is 534 g/mol. The van der Waals surface area contributed by atoms with Gasteiger partial charge in [0.1, 0.15) is 17.8 Å². The number of morpholine rings is 1. The van der Waals surface area contributed by atoms with Crippen LogP contribution in [0.3, 0.4) is 0 Å². The topological polar surface area (TPSA) is 127 Å². The van der Waals surface area contributed by atoms with Crippen molar-refractivity contribution in [3.05, 3.63) is 53.3 Å². The maximum Gasteiger partial charge on any atom is 0.165 e. The van der Waals surface area contributed by atoms with Gasteiger partial charge in [0.2, 0.25) is 0 Å². The van der Waals surface area contributed by atoms with Gasteiger partial charge in [-0.15, -0.1) is 10.2 Å². The Hall–Kier alpha value is -3.54. The van der Waals surface area contributed by atoms with Crippen LogP contribution < -0.4 is 16.0 Å². The van der Waals surface area contributed by atoms with Crippen molar-refractivity contribution in [2.75, 3.05) is 43.4 Å². The van der Waals surface area contributed by atoms with Gasteiger partial charge >= 0.3 is 0 Å². The number of ether oxygens (including phenoxy) is 1. The molecule has 1 unspecified atom stereocenters. The molecule has 10 nitrogen and oxygen atoms in total. The molecule has 188 valence electrons. The molecule has 0 amide bonds. The molecule has 6 rings (SSSR count). The first-order valence-electron chi connectivity index (χ1n) is 12.3. The minimum atomic E-state index is -0.0636. The van der Waals surface area contributed by atoms with Crippen LogP contribution in [0.15, 0.2) is 58.3 Å². The maximum absolute atomic E-state index is 6.23. The Morgan fingerprint density at radius 2 is 1.95 bits per heavy atom. The Labute approximate surface area is 222 Å². The Balaban J connectivity index is 1.25. The zero-order chi connectivity index (χ0) is 25.2. The van der Waals surface area contributed by atoms with Gasteiger partial charge in [0.15, 0.2) is 17.7 Å². The SMILES string of the molecule is Nc1ncnc2nc(-c3ccc(N4CCC(=NC5CNCCO5)CC4)nn3)cc(-c3cccc(Br)c3)c12. The number of aliphatic imine (C=N–C) groups is 1. The van der Waals surface area contributed by atoms with E-state index in [-0.39, 0.29) is 6.23 Å². The van der Waals surface area contributed by atoms with E-state index < -0.39 is 0 Å². The summed E-state index contributed by atoms with van der Waals surface area (Å²) in [5.41, 5.74) is 11.2. The zero-order valence-electron chi connectivity index (χ0n) is 20.1. The van der Waals surface area contributed by atoms with Gasteiger partial charge in [-0.1, -0.05) is 28.1 Å². The number of pyridine rings is 1. The largest absolute Gasteiger partial charge is 0.383 e. The molecule has 3 N–H and O–H groups in total. The van der Waals surface area contributed by atoms with Gasteiger partial charge in [-0.05, 0) is 41.5 Å². The molecular formula is C26H26BrN9O. The molecule has 2 aliphatic heterocycles. The average Bonchev–Trinajstić information content (AvgIpc) is 2.94. The Bertz CT molecular complexity index is 1440. The number of piperidine rings is 1. The number of aromatic nitrogens is 5. The van der Waals surface area contributed by atoms with Gasteiger partial charge in [0, 0.05) is 49.2 Å². The first kappa shape index (κ1) is 23.8. The first-order valence-corrected chi connectivity index (χ1v) is 13.1. The second-order valence-corrected chi connectivity index (χ2v) is 9.93. The number of rotatable bonds is 4. The maximum atomic E-state index is 6.23. The highest BCUT2D eigenvalue weighted by Crippen LogP contribution is 2.34. The van der Waals surface area contributed by atoms with E-state index in [0.29, 0.717) is 34.8 Å². The Morgan fingerprint density at radius 1 is 1.05 bits per heavy atom. The fourth-order valence-electron chi connectivity index (χ4n) is 4.69. The summed E-state index contributed by atoms with van der Waals surface area (Å²) in [6.07, 6.45) is 3.16. The number of benzene rings is 1. The predicted octanol–water partition coefficient (Wildman–Crippen LogP) is 3.48. The van der Waals surface area contributed by atoms with E-state index in [1.54, 1.807) is 0 Å². The fraction of sp³-hybridized carbons (Fsp3) is 0.308. The third-order valence-corrected chi connectivity index (χ3v) is 7.07. The fourth-order valence-corrected chi connectivity index (χ4v) is 5.09. The third kappa shape index (κ3) is 5.15. The highest BCUT2D eigenvalue weighted by molar-refractivity contribution is 9.10. The summed E-state index contributed by atoms with van der Waals surface area (Å²) in [6, 6.07) is 13.9. The molecule has 0 bridgehead atoms. The van der Waals surface area contributed by atoms with E-state index in [0.717, 1.165) is 60.4 Å². The third-order valence-electron chi connectivity index (χ3n) is 6.58. The molecule has 2 fully saturated rings. The summed E-state index contributed by atoms with van der Waals surface area (Å²) >= 11 is 3.56. The van der Waals surface area contributed by atoms with Crippen LogP contribution in [0.2, 0.25) is 0 Å². The van der Waals surface area contributed by atoms with Crippen molar-refractivity contribution >= 4 is 44.3 Å². The molecule has 2 saturated heterocycles. The van der Waals surface area contributed by atoms with Crippen molar-refractivity contribution in [2.24, 2.45) is 4.99 Å². The lowest BCUT2D eigenvalue weighted by Gasteiger charge is -2.29. The lowest BCUT2D eigenvalue weighted by Crippen LogP contribution is -2.39. The number of hydrogen-bond acceptors (Lipinski definition) is 10. The second kappa shape index (κ2) is 10.4. The van der Waals surface area contributed by atoms with Crippen molar-refractivity contribution in [2.45, 2.75) is 19.1 Å². The number of nitrogens with zero attached hydrogens (tertiary/aromatic N) is 7. The van der Waals surface area contributed by atoms with Crippen LogP contribution in [0.1, 0.15) is 12.8 Å².